The second-order valence-electron chi connectivity index (χ2n) is 13.8. The zero-order chi connectivity index (χ0) is 41.2. The molecule has 1 unspecified atom stereocenters. The Morgan fingerprint density at radius 1 is 0.431 bits per heavy atom. The van der Waals surface area contributed by atoms with E-state index in [9.17, 15) is 17.8 Å². The SMILES string of the molecule is C[SiH](O[Si](=O)[Si](=O)[Si](=O)[Si](=O)[Si](=O)[Si](O[SiH2]O[Si](C)(c1ccccc1)c1ccccc1)(c1ccccc1)c1ccccc1)O[Si](C)(c1ccccc1)c1ccccc1. The number of hydrogen-bond acceptors (Lipinski definition) is 9. The van der Waals surface area contributed by atoms with Gasteiger partial charge in [-0.3, -0.25) is 0 Å². The van der Waals surface area contributed by atoms with Gasteiger partial charge in [0, 0.05) is 0 Å². The minimum atomic E-state index is -4.00. The van der Waals surface area contributed by atoms with E-state index in [1.165, 1.54) is 0 Å². The van der Waals surface area contributed by atoms with Gasteiger partial charge in [0.2, 0.25) is 16.6 Å². The maximum absolute atomic E-state index is 15.1. The fourth-order valence-electron chi connectivity index (χ4n) is 6.92. The van der Waals surface area contributed by atoms with Gasteiger partial charge in [-0.1, -0.05) is 182 Å². The van der Waals surface area contributed by atoms with Gasteiger partial charge in [-0.25, -0.2) is 0 Å². The largest absolute Gasteiger partial charge is 0.560 e. The summed E-state index contributed by atoms with van der Waals surface area (Å²) in [6, 6.07) is 57.2. The highest BCUT2D eigenvalue weighted by molar-refractivity contribution is 7.71. The third kappa shape index (κ3) is 9.62. The molecule has 0 aromatic heterocycles. The third-order valence-corrected chi connectivity index (χ3v) is 65.6. The summed E-state index contributed by atoms with van der Waals surface area (Å²) in [6.07, 6.45) is 0. The predicted octanol–water partition coefficient (Wildman–Crippen LogP) is 1.44. The van der Waals surface area contributed by atoms with Gasteiger partial charge in [0.1, 0.15) is 0 Å². The van der Waals surface area contributed by atoms with Gasteiger partial charge in [0.25, 0.3) is 10.0 Å². The van der Waals surface area contributed by atoms with Crippen LogP contribution in [0.2, 0.25) is 19.6 Å². The third-order valence-electron chi connectivity index (χ3n) is 10.1. The van der Waals surface area contributed by atoms with Crippen LogP contribution in [0.4, 0.5) is 0 Å². The molecule has 0 N–H and O–H groups in total. The van der Waals surface area contributed by atoms with Crippen molar-refractivity contribution >= 4 is 114 Å². The van der Waals surface area contributed by atoms with E-state index in [1.807, 2.05) is 140 Å². The molecule has 19 heteroatoms. The molecule has 1 atom stereocenters. The highest BCUT2D eigenvalue weighted by Crippen LogP contribution is 2.14. The summed E-state index contributed by atoms with van der Waals surface area (Å²) in [5.41, 5.74) is 0. The molecule has 0 aliphatic rings. The zero-order valence-electron chi connectivity index (χ0n) is 32.3. The predicted molar refractivity (Wildman–Crippen MR) is 244 cm³/mol. The molecule has 0 bridgehead atoms. The van der Waals surface area contributed by atoms with Crippen molar-refractivity contribution in [1.29, 1.82) is 0 Å². The average Bonchev–Trinajstić information content (AvgIpc) is 3.28. The second kappa shape index (κ2) is 19.9. The van der Waals surface area contributed by atoms with E-state index in [2.05, 4.69) is 6.55 Å². The lowest BCUT2D eigenvalue weighted by Crippen LogP contribution is -2.73. The summed E-state index contributed by atoms with van der Waals surface area (Å²) in [5.74, 6) is 0. The molecule has 0 aliphatic heterocycles. The van der Waals surface area contributed by atoms with Crippen LogP contribution < -0.4 is 31.1 Å². The van der Waals surface area contributed by atoms with E-state index in [1.54, 1.807) is 55.1 Å². The fraction of sp³-hybridized carbons (Fsp3) is 0.0769. The highest BCUT2D eigenvalue weighted by atomic mass is 29.9. The van der Waals surface area contributed by atoms with Crippen LogP contribution in [-0.4, -0.2) is 83.1 Å². The van der Waals surface area contributed by atoms with Gasteiger partial charge in [-0.2, -0.15) is 0 Å². The van der Waals surface area contributed by atoms with E-state index >= 15 is 4.46 Å². The quantitative estimate of drug-likeness (QED) is 0.111. The highest BCUT2D eigenvalue weighted by Gasteiger charge is 2.57. The first-order valence-electron chi connectivity index (χ1n) is 18.7. The number of hydrogen-bond donors (Lipinski definition) is 0. The Morgan fingerprint density at radius 3 is 1.12 bits per heavy atom. The van der Waals surface area contributed by atoms with Gasteiger partial charge in [0.15, 0.2) is 0 Å². The van der Waals surface area contributed by atoms with Crippen LogP contribution in [0.5, 0.6) is 0 Å². The molecule has 58 heavy (non-hydrogen) atoms. The summed E-state index contributed by atoms with van der Waals surface area (Å²) in [4.78, 5) is 0. The normalized spacial score (nSPS) is 12.5. The Morgan fingerprint density at radius 2 is 0.759 bits per heavy atom. The molecule has 0 aliphatic carbocycles. The first-order valence-corrected chi connectivity index (χ1v) is 40.6. The van der Waals surface area contributed by atoms with E-state index in [-0.39, 0.29) is 0 Å². The molecule has 0 amide bonds. The maximum atomic E-state index is 15.1. The molecule has 0 spiro atoms. The van der Waals surface area contributed by atoms with Crippen molar-refractivity contribution in [3.8, 4) is 0 Å². The lowest BCUT2D eigenvalue weighted by Gasteiger charge is -2.33. The molecular formula is C39H42O9Si10. The smallest absolute Gasteiger partial charge is 0.533 e. The Hall–Kier alpha value is -3.83. The van der Waals surface area contributed by atoms with Crippen molar-refractivity contribution < 1.29 is 38.8 Å². The summed E-state index contributed by atoms with van der Waals surface area (Å²) < 4.78 is 97.6. The minimum absolute atomic E-state index is 0.571. The van der Waals surface area contributed by atoms with E-state index in [4.69, 9.17) is 16.5 Å². The Balaban J connectivity index is 1.28. The second-order valence-corrected chi connectivity index (χ2v) is 51.7. The molecule has 6 rings (SSSR count). The van der Waals surface area contributed by atoms with Gasteiger partial charge >= 0.3 is 56.4 Å². The number of benzene rings is 6. The molecule has 0 saturated carbocycles. The Kier molecular flexibility index (Phi) is 15.0. The molecule has 6 aromatic carbocycles. The Labute approximate surface area is 352 Å². The van der Waals surface area contributed by atoms with Crippen molar-refractivity contribution in [3.63, 3.8) is 0 Å². The molecular weight excluding hydrogens is 893 g/mol. The molecule has 0 radical (unpaired) electrons. The monoisotopic (exact) mass is 934 g/mol. The Bertz CT molecular complexity index is 2250. The van der Waals surface area contributed by atoms with Crippen LogP contribution >= 0.6 is 0 Å². The van der Waals surface area contributed by atoms with Crippen LogP contribution in [-0.2, 0) is 38.8 Å². The standard InChI is InChI=1S/C39H42O9Si10/c1-50(48-57(3,36-26-14-6-15-27-36)37-28-16-7-17-29-37)47-51(40)52(41)53(42)54(43)55(44)58(38-30-18-8-19-31-38,39-32-20-9-21-33-39)46-49-45-56(2,34-22-10-4-11-23-34)35-24-12-5-13-25-35/h4-33,50H,49H2,1-3H3. The van der Waals surface area contributed by atoms with Crippen LogP contribution in [0.3, 0.4) is 0 Å². The first-order chi connectivity index (χ1) is 28.0. The minimum Gasteiger partial charge on any atom is -0.560 e. The summed E-state index contributed by atoms with van der Waals surface area (Å²) >= 11 is 0. The van der Waals surface area contributed by atoms with E-state index in [0.717, 1.165) is 20.7 Å². The fourth-order valence-corrected chi connectivity index (χ4v) is 76.0. The zero-order valence-corrected chi connectivity index (χ0v) is 42.8. The molecule has 0 fully saturated rings. The van der Waals surface area contributed by atoms with Gasteiger partial charge < -0.3 is 38.8 Å². The van der Waals surface area contributed by atoms with Crippen LogP contribution in [0.25, 0.3) is 0 Å². The van der Waals surface area contributed by atoms with E-state index in [0.29, 0.717) is 10.4 Å². The molecule has 0 saturated heterocycles. The van der Waals surface area contributed by atoms with Crippen LogP contribution in [0.15, 0.2) is 182 Å². The topological polar surface area (TPSA) is 122 Å². The van der Waals surface area contributed by atoms with Crippen molar-refractivity contribution in [3.05, 3.63) is 182 Å². The van der Waals surface area contributed by atoms with Gasteiger partial charge in [-0.15, -0.1) is 0 Å². The van der Waals surface area contributed by atoms with Gasteiger partial charge in [-0.05, 0) is 50.8 Å². The van der Waals surface area contributed by atoms with Crippen molar-refractivity contribution in [2.45, 2.75) is 19.6 Å². The lowest BCUT2D eigenvalue weighted by molar-refractivity contribution is 0.406. The molecule has 292 valence electrons. The maximum Gasteiger partial charge on any atom is 0.533 e. The first kappa shape index (κ1) is 43.7. The lowest BCUT2D eigenvalue weighted by atomic mass is 10.4. The van der Waals surface area contributed by atoms with Crippen molar-refractivity contribution in [2.24, 2.45) is 0 Å². The van der Waals surface area contributed by atoms with Crippen LogP contribution in [0.1, 0.15) is 0 Å². The van der Waals surface area contributed by atoms with E-state index < -0.39 is 83.1 Å². The van der Waals surface area contributed by atoms with Crippen LogP contribution in [0, 0.1) is 0 Å². The molecule has 6 aromatic rings. The van der Waals surface area contributed by atoms with Crippen molar-refractivity contribution in [1.82, 2.24) is 0 Å². The number of rotatable bonds is 19. The average molecular weight is 936 g/mol. The summed E-state index contributed by atoms with van der Waals surface area (Å²) in [5, 5.41) is 5.13. The molecule has 9 nitrogen and oxygen atoms in total. The summed E-state index contributed by atoms with van der Waals surface area (Å²) in [6.45, 7) is 5.81. The molecule has 0 heterocycles. The summed E-state index contributed by atoms with van der Waals surface area (Å²) in [7, 11) is -32.4. The van der Waals surface area contributed by atoms with Gasteiger partial charge in [0.05, 0.1) is 0 Å². The van der Waals surface area contributed by atoms with Crippen molar-refractivity contribution in [2.75, 3.05) is 0 Å².